The Bertz CT molecular complexity index is 1530. The molecule has 0 bridgehead atoms. The molecule has 8 nitrogen and oxygen atoms in total. The Kier molecular flexibility index (Phi) is 5.70. The first-order valence-corrected chi connectivity index (χ1v) is 12.1. The van der Waals surface area contributed by atoms with E-state index in [1.54, 1.807) is 24.3 Å². The zero-order chi connectivity index (χ0) is 23.8. The van der Waals surface area contributed by atoms with Crippen LogP contribution in [0, 0.1) is 18.3 Å². The van der Waals surface area contributed by atoms with Crippen molar-refractivity contribution < 1.29 is 8.42 Å². The van der Waals surface area contributed by atoms with Gasteiger partial charge in [-0.3, -0.25) is 0 Å². The number of nitrogens with zero attached hydrogens (tertiary/aromatic N) is 4. The van der Waals surface area contributed by atoms with Crippen LogP contribution < -0.4 is 11.1 Å². The van der Waals surface area contributed by atoms with E-state index >= 15 is 0 Å². The SMILES string of the molecule is Cc1ccc2cc([C@H](C)Nc3ncnc(N)c3C#N)c(-c3ccccc3S(C)(=O)=O)nc2c1. The fourth-order valence-corrected chi connectivity index (χ4v) is 4.62. The van der Waals surface area contributed by atoms with Crippen molar-refractivity contribution >= 4 is 32.4 Å². The predicted octanol–water partition coefficient (Wildman–Crippen LogP) is 4.03. The molecule has 0 spiro atoms. The molecule has 0 saturated carbocycles. The van der Waals surface area contributed by atoms with Gasteiger partial charge in [0.15, 0.2) is 9.84 Å². The smallest absolute Gasteiger partial charge is 0.176 e. The highest BCUT2D eigenvalue weighted by molar-refractivity contribution is 7.90. The van der Waals surface area contributed by atoms with Crippen LogP contribution in [0.15, 0.2) is 59.8 Å². The summed E-state index contributed by atoms with van der Waals surface area (Å²) in [7, 11) is -3.50. The molecule has 0 amide bonds. The molecule has 0 unspecified atom stereocenters. The summed E-state index contributed by atoms with van der Waals surface area (Å²) in [5.41, 5.74) is 9.58. The Morgan fingerprint density at radius 3 is 2.61 bits per heavy atom. The summed E-state index contributed by atoms with van der Waals surface area (Å²) in [4.78, 5) is 13.1. The minimum absolute atomic E-state index is 0.0805. The lowest BCUT2D eigenvalue weighted by Crippen LogP contribution is -2.13. The zero-order valence-corrected chi connectivity index (χ0v) is 19.2. The van der Waals surface area contributed by atoms with Gasteiger partial charge in [0.1, 0.15) is 29.6 Å². The number of nitrogens with two attached hydrogens (primary N) is 1. The van der Waals surface area contributed by atoms with Crippen molar-refractivity contribution in [3.05, 3.63) is 71.5 Å². The minimum Gasteiger partial charge on any atom is -0.382 e. The van der Waals surface area contributed by atoms with Gasteiger partial charge in [0.2, 0.25) is 0 Å². The standard InChI is InChI=1S/C24H22N6O2S/c1-14-8-9-16-11-18(15(2)29-24-19(12-25)23(26)27-13-28-24)22(30-20(16)10-14)17-6-4-5-7-21(17)33(3,31)32/h4-11,13,15H,1-3H3,(H3,26,27,28,29)/t15-/m0/s1. The Balaban J connectivity index is 1.95. The first-order chi connectivity index (χ1) is 15.7. The van der Waals surface area contributed by atoms with Crippen molar-refractivity contribution in [3.8, 4) is 17.3 Å². The van der Waals surface area contributed by atoms with Crippen LogP contribution in [-0.2, 0) is 9.84 Å². The second-order valence-corrected chi connectivity index (χ2v) is 9.84. The lowest BCUT2D eigenvalue weighted by atomic mass is 9.98. The van der Waals surface area contributed by atoms with Crippen LogP contribution >= 0.6 is 0 Å². The number of benzene rings is 2. The third kappa shape index (κ3) is 4.33. The normalized spacial score (nSPS) is 12.3. The van der Waals surface area contributed by atoms with Crippen LogP contribution in [0.4, 0.5) is 11.6 Å². The maximum Gasteiger partial charge on any atom is 0.176 e. The summed E-state index contributed by atoms with van der Waals surface area (Å²) >= 11 is 0. The monoisotopic (exact) mass is 458 g/mol. The summed E-state index contributed by atoms with van der Waals surface area (Å²) in [6.07, 6.45) is 2.47. The van der Waals surface area contributed by atoms with E-state index in [0.29, 0.717) is 17.1 Å². The molecule has 0 fully saturated rings. The molecule has 2 heterocycles. The summed E-state index contributed by atoms with van der Waals surface area (Å²) < 4.78 is 25.1. The highest BCUT2D eigenvalue weighted by Gasteiger charge is 2.22. The van der Waals surface area contributed by atoms with Crippen molar-refractivity contribution in [2.75, 3.05) is 17.3 Å². The zero-order valence-electron chi connectivity index (χ0n) is 18.4. The molecule has 166 valence electrons. The second-order valence-electron chi connectivity index (χ2n) is 7.85. The molecular formula is C24H22N6O2S. The first kappa shape index (κ1) is 22.2. The van der Waals surface area contributed by atoms with E-state index in [1.807, 2.05) is 44.2 Å². The average Bonchev–Trinajstić information content (AvgIpc) is 2.77. The van der Waals surface area contributed by atoms with Crippen LogP contribution in [0.25, 0.3) is 22.2 Å². The molecule has 0 aliphatic carbocycles. The van der Waals surface area contributed by atoms with Gasteiger partial charge in [-0.25, -0.2) is 23.4 Å². The number of fused-ring (bicyclic) bond motifs is 1. The lowest BCUT2D eigenvalue weighted by Gasteiger charge is -2.21. The molecule has 3 N–H and O–H groups in total. The second kappa shape index (κ2) is 8.48. The molecule has 0 aliphatic rings. The van der Waals surface area contributed by atoms with Crippen molar-refractivity contribution in [1.29, 1.82) is 5.26 Å². The summed E-state index contributed by atoms with van der Waals surface area (Å²) in [5, 5.41) is 13.6. The number of nitrogen functional groups attached to an aromatic ring is 1. The van der Waals surface area contributed by atoms with Crippen molar-refractivity contribution in [3.63, 3.8) is 0 Å². The van der Waals surface area contributed by atoms with E-state index < -0.39 is 9.84 Å². The number of rotatable bonds is 5. The van der Waals surface area contributed by atoms with Crippen LogP contribution in [-0.4, -0.2) is 29.6 Å². The molecule has 4 rings (SSSR count). The highest BCUT2D eigenvalue weighted by atomic mass is 32.2. The first-order valence-electron chi connectivity index (χ1n) is 10.2. The maximum atomic E-state index is 12.5. The molecule has 33 heavy (non-hydrogen) atoms. The molecule has 4 aromatic rings. The number of aryl methyl sites for hydroxylation is 1. The molecule has 0 aliphatic heterocycles. The number of nitrogens with one attached hydrogen (secondary N) is 1. The quantitative estimate of drug-likeness (QED) is 0.458. The van der Waals surface area contributed by atoms with Crippen molar-refractivity contribution in [2.24, 2.45) is 0 Å². The topological polar surface area (TPSA) is 135 Å². The van der Waals surface area contributed by atoms with Gasteiger partial charge in [0.05, 0.1) is 22.1 Å². The molecule has 9 heteroatoms. The average molecular weight is 459 g/mol. The third-order valence-electron chi connectivity index (χ3n) is 5.35. The van der Waals surface area contributed by atoms with E-state index in [9.17, 15) is 13.7 Å². The number of pyridine rings is 1. The van der Waals surface area contributed by atoms with Gasteiger partial charge in [-0.05, 0) is 37.6 Å². The van der Waals surface area contributed by atoms with Crippen LogP contribution in [0.5, 0.6) is 0 Å². The van der Waals surface area contributed by atoms with E-state index in [0.717, 1.165) is 22.0 Å². The number of nitriles is 1. The highest BCUT2D eigenvalue weighted by Crippen LogP contribution is 2.35. The number of hydrogen-bond acceptors (Lipinski definition) is 8. The molecular weight excluding hydrogens is 436 g/mol. The van der Waals surface area contributed by atoms with Gasteiger partial charge in [-0.15, -0.1) is 0 Å². The Morgan fingerprint density at radius 1 is 1.12 bits per heavy atom. The third-order valence-corrected chi connectivity index (χ3v) is 6.51. The summed E-state index contributed by atoms with van der Waals surface area (Å²) in [6, 6.07) is 16.4. The number of sulfone groups is 1. The minimum atomic E-state index is -3.50. The van der Waals surface area contributed by atoms with Crippen molar-refractivity contribution in [1.82, 2.24) is 15.0 Å². The maximum absolute atomic E-state index is 12.5. The molecule has 0 radical (unpaired) electrons. The van der Waals surface area contributed by atoms with Crippen LogP contribution in [0.1, 0.15) is 29.7 Å². The Hall–Kier alpha value is -4.03. The predicted molar refractivity (Wildman–Crippen MR) is 128 cm³/mol. The van der Waals surface area contributed by atoms with Gasteiger partial charge >= 0.3 is 0 Å². The number of aromatic nitrogens is 3. The van der Waals surface area contributed by atoms with Gasteiger partial charge in [0.25, 0.3) is 0 Å². The van der Waals surface area contributed by atoms with Crippen LogP contribution in [0.3, 0.4) is 0 Å². The number of hydrogen-bond donors (Lipinski definition) is 2. The summed E-state index contributed by atoms with van der Waals surface area (Å²) in [5.74, 6) is 0.376. The van der Waals surface area contributed by atoms with E-state index in [-0.39, 0.29) is 22.3 Å². The molecule has 0 saturated heterocycles. The van der Waals surface area contributed by atoms with E-state index in [1.165, 1.54) is 12.6 Å². The molecule has 1 atom stereocenters. The molecule has 2 aromatic carbocycles. The van der Waals surface area contributed by atoms with Gasteiger partial charge in [-0.1, -0.05) is 30.3 Å². The van der Waals surface area contributed by atoms with Gasteiger partial charge < -0.3 is 11.1 Å². The van der Waals surface area contributed by atoms with Gasteiger partial charge in [-0.2, -0.15) is 5.26 Å². The number of anilines is 2. The molecule has 2 aromatic heterocycles. The van der Waals surface area contributed by atoms with E-state index in [4.69, 9.17) is 10.7 Å². The Morgan fingerprint density at radius 2 is 1.88 bits per heavy atom. The fraction of sp³-hybridized carbons (Fsp3) is 0.167. The fourth-order valence-electron chi connectivity index (χ4n) is 3.73. The largest absolute Gasteiger partial charge is 0.382 e. The van der Waals surface area contributed by atoms with Crippen LogP contribution in [0.2, 0.25) is 0 Å². The lowest BCUT2D eigenvalue weighted by molar-refractivity contribution is 0.602. The van der Waals surface area contributed by atoms with E-state index in [2.05, 4.69) is 15.3 Å². The van der Waals surface area contributed by atoms with Gasteiger partial charge in [0, 0.05) is 22.8 Å². The Labute approximate surface area is 192 Å². The van der Waals surface area contributed by atoms with Crippen molar-refractivity contribution in [2.45, 2.75) is 24.8 Å². The summed E-state index contributed by atoms with van der Waals surface area (Å²) in [6.45, 7) is 3.87.